The molecule has 0 spiro atoms. The summed E-state index contributed by atoms with van der Waals surface area (Å²) in [5.41, 5.74) is 2.85. The third-order valence-electron chi connectivity index (χ3n) is 3.36. The van der Waals surface area contributed by atoms with Crippen LogP contribution in [0, 0.1) is 0 Å². The molecule has 1 amide bonds. The summed E-state index contributed by atoms with van der Waals surface area (Å²) < 4.78 is 0. The van der Waals surface area contributed by atoms with Crippen molar-refractivity contribution in [2.45, 2.75) is 38.8 Å². The number of amides is 1. The van der Waals surface area contributed by atoms with E-state index in [4.69, 9.17) is 0 Å². The highest BCUT2D eigenvalue weighted by Gasteiger charge is 2.31. The maximum atomic E-state index is 12.0. The lowest BCUT2D eigenvalue weighted by molar-refractivity contribution is -0.118. The quantitative estimate of drug-likeness (QED) is 0.801. The molecule has 0 saturated heterocycles. The average molecular weight is 245 g/mol. The molecule has 0 aromatic heterocycles. The van der Waals surface area contributed by atoms with Gasteiger partial charge in [0.25, 0.3) is 0 Å². The number of nitrogens with one attached hydrogen (secondary N) is 1. The molecule has 96 valence electrons. The third-order valence-corrected chi connectivity index (χ3v) is 3.36. The molecule has 0 heterocycles. The van der Waals surface area contributed by atoms with E-state index in [1.165, 1.54) is 0 Å². The van der Waals surface area contributed by atoms with Crippen LogP contribution in [0.3, 0.4) is 0 Å². The summed E-state index contributed by atoms with van der Waals surface area (Å²) >= 11 is 0. The Kier molecular flexibility index (Phi) is 3.82. The van der Waals surface area contributed by atoms with Crippen LogP contribution in [0.5, 0.6) is 0 Å². The van der Waals surface area contributed by atoms with Gasteiger partial charge in [0, 0.05) is 12.0 Å². The topological polar surface area (TPSA) is 49.3 Å². The number of fused-ring (bicyclic) bond motifs is 1. The molecule has 2 atom stereocenters. The molecule has 1 aliphatic rings. The van der Waals surface area contributed by atoms with Crippen molar-refractivity contribution in [2.75, 3.05) is 0 Å². The summed E-state index contributed by atoms with van der Waals surface area (Å²) in [6.45, 7) is 3.79. The summed E-state index contributed by atoms with van der Waals surface area (Å²) in [6.07, 6.45) is 2.81. The number of carbonyl (C=O) groups is 1. The second-order valence-electron chi connectivity index (χ2n) is 4.72. The largest absolute Gasteiger partial charge is 0.390 e. The Morgan fingerprint density at radius 3 is 2.94 bits per heavy atom. The zero-order valence-corrected chi connectivity index (χ0v) is 10.8. The van der Waals surface area contributed by atoms with Crippen LogP contribution in [0.1, 0.15) is 37.4 Å². The fourth-order valence-corrected chi connectivity index (χ4v) is 2.40. The second-order valence-corrected chi connectivity index (χ2v) is 4.72. The molecule has 2 rings (SSSR count). The predicted molar refractivity (Wildman–Crippen MR) is 71.1 cm³/mol. The Hall–Kier alpha value is -1.61. The molecule has 1 aromatic rings. The van der Waals surface area contributed by atoms with E-state index in [2.05, 4.69) is 5.32 Å². The molecule has 2 N–H and O–H groups in total. The van der Waals surface area contributed by atoms with Crippen molar-refractivity contribution in [2.24, 2.45) is 0 Å². The summed E-state index contributed by atoms with van der Waals surface area (Å²) in [5.74, 6) is -0.0994. The highest BCUT2D eigenvalue weighted by Crippen LogP contribution is 2.31. The molecule has 2 unspecified atom stereocenters. The van der Waals surface area contributed by atoms with Crippen LogP contribution < -0.4 is 5.32 Å². The molecule has 0 saturated carbocycles. The molecule has 0 fully saturated rings. The summed E-state index contributed by atoms with van der Waals surface area (Å²) in [4.78, 5) is 12.0. The second kappa shape index (κ2) is 5.36. The number of allylic oxidation sites excluding steroid dienone is 1. The van der Waals surface area contributed by atoms with Gasteiger partial charge in [-0.1, -0.05) is 37.3 Å². The normalized spacial score (nSPS) is 22.7. The lowest BCUT2D eigenvalue weighted by Crippen LogP contribution is -2.34. The number of rotatable bonds is 3. The molecular weight excluding hydrogens is 226 g/mol. The molecule has 3 heteroatoms. The first-order valence-corrected chi connectivity index (χ1v) is 6.37. The van der Waals surface area contributed by atoms with E-state index in [0.717, 1.165) is 17.5 Å². The van der Waals surface area contributed by atoms with E-state index < -0.39 is 6.10 Å². The van der Waals surface area contributed by atoms with Crippen LogP contribution in [-0.4, -0.2) is 17.1 Å². The zero-order chi connectivity index (χ0) is 13.1. The number of aliphatic hydroxyl groups is 1. The maximum Gasteiger partial charge on any atom is 0.247 e. The molecule has 0 radical (unpaired) electrons. The van der Waals surface area contributed by atoms with E-state index in [1.54, 1.807) is 6.92 Å². The van der Waals surface area contributed by atoms with Gasteiger partial charge in [0.05, 0.1) is 12.1 Å². The molecule has 0 bridgehead atoms. The number of hydrogen-bond acceptors (Lipinski definition) is 2. The summed E-state index contributed by atoms with van der Waals surface area (Å²) in [5, 5.41) is 12.9. The van der Waals surface area contributed by atoms with Gasteiger partial charge >= 0.3 is 0 Å². The van der Waals surface area contributed by atoms with Crippen molar-refractivity contribution in [3.8, 4) is 0 Å². The zero-order valence-electron chi connectivity index (χ0n) is 10.8. The van der Waals surface area contributed by atoms with Gasteiger partial charge in [0.1, 0.15) is 0 Å². The molecule has 1 aromatic carbocycles. The first-order valence-electron chi connectivity index (χ1n) is 6.37. The van der Waals surface area contributed by atoms with Gasteiger partial charge in [-0.3, -0.25) is 4.79 Å². The van der Waals surface area contributed by atoms with Crippen LogP contribution in [0.25, 0.3) is 0 Å². The van der Waals surface area contributed by atoms with Crippen molar-refractivity contribution >= 4 is 5.91 Å². The first kappa shape index (κ1) is 12.8. The highest BCUT2D eigenvalue weighted by atomic mass is 16.3. The Balaban J connectivity index is 2.15. The van der Waals surface area contributed by atoms with Crippen LogP contribution >= 0.6 is 0 Å². The minimum Gasteiger partial charge on any atom is -0.390 e. The van der Waals surface area contributed by atoms with Gasteiger partial charge in [0.15, 0.2) is 0 Å². The van der Waals surface area contributed by atoms with E-state index in [-0.39, 0.29) is 11.9 Å². The van der Waals surface area contributed by atoms with Crippen molar-refractivity contribution in [3.63, 3.8) is 0 Å². The smallest absolute Gasteiger partial charge is 0.247 e. The number of benzene rings is 1. The molecule has 18 heavy (non-hydrogen) atoms. The monoisotopic (exact) mass is 245 g/mol. The number of carbonyl (C=O) groups excluding carboxylic acids is 1. The van der Waals surface area contributed by atoms with Gasteiger partial charge in [-0.25, -0.2) is 0 Å². The fourth-order valence-electron chi connectivity index (χ4n) is 2.40. The summed E-state index contributed by atoms with van der Waals surface area (Å²) in [6, 6.07) is 7.58. The lowest BCUT2D eigenvalue weighted by Gasteiger charge is -2.18. The van der Waals surface area contributed by atoms with E-state index in [1.807, 2.05) is 37.3 Å². The lowest BCUT2D eigenvalue weighted by atomic mass is 10.1. The standard InChI is InChI=1S/C15H19NO2/c1-3-6-10(2)15(18)16-14-12-8-5-4-7-11(12)9-13(14)17/h4-8,13-14,17H,3,9H2,1-2H3,(H,16,18). The molecular formula is C15H19NO2. The van der Waals surface area contributed by atoms with Gasteiger partial charge in [-0.15, -0.1) is 0 Å². The molecule has 3 nitrogen and oxygen atoms in total. The Morgan fingerprint density at radius 2 is 2.22 bits per heavy atom. The van der Waals surface area contributed by atoms with Crippen molar-refractivity contribution in [1.29, 1.82) is 0 Å². The Bertz CT molecular complexity index is 479. The summed E-state index contributed by atoms with van der Waals surface area (Å²) in [7, 11) is 0. The molecule has 1 aliphatic carbocycles. The third kappa shape index (κ3) is 2.46. The van der Waals surface area contributed by atoms with Gasteiger partial charge in [-0.05, 0) is 24.5 Å². The van der Waals surface area contributed by atoms with E-state index in [9.17, 15) is 9.90 Å². The van der Waals surface area contributed by atoms with E-state index >= 15 is 0 Å². The highest BCUT2D eigenvalue weighted by molar-refractivity contribution is 5.93. The minimum atomic E-state index is -0.527. The Morgan fingerprint density at radius 1 is 1.50 bits per heavy atom. The van der Waals surface area contributed by atoms with Crippen molar-refractivity contribution in [3.05, 3.63) is 47.0 Å². The van der Waals surface area contributed by atoms with Crippen molar-refractivity contribution in [1.82, 2.24) is 5.32 Å². The maximum absolute atomic E-state index is 12.0. The van der Waals surface area contributed by atoms with Crippen LogP contribution in [0.15, 0.2) is 35.9 Å². The van der Waals surface area contributed by atoms with Crippen LogP contribution in [0.2, 0.25) is 0 Å². The van der Waals surface area contributed by atoms with Gasteiger partial charge in [-0.2, -0.15) is 0 Å². The minimum absolute atomic E-state index is 0.0994. The number of hydrogen-bond donors (Lipinski definition) is 2. The van der Waals surface area contributed by atoms with Gasteiger partial charge < -0.3 is 10.4 Å². The van der Waals surface area contributed by atoms with Crippen LogP contribution in [-0.2, 0) is 11.2 Å². The fraction of sp³-hybridized carbons (Fsp3) is 0.400. The average Bonchev–Trinajstić information content (AvgIpc) is 2.66. The first-order chi connectivity index (χ1) is 8.63. The van der Waals surface area contributed by atoms with E-state index in [0.29, 0.717) is 12.0 Å². The van der Waals surface area contributed by atoms with Gasteiger partial charge in [0.2, 0.25) is 5.91 Å². The molecule has 0 aliphatic heterocycles. The number of aliphatic hydroxyl groups excluding tert-OH is 1. The van der Waals surface area contributed by atoms with Crippen molar-refractivity contribution < 1.29 is 9.90 Å². The SMILES string of the molecule is CCC=C(C)C(=O)NC1c2ccccc2CC1O. The predicted octanol–water partition coefficient (Wildman–Crippen LogP) is 2.12. The van der Waals surface area contributed by atoms with Crippen LogP contribution in [0.4, 0.5) is 0 Å². The Labute approximate surface area is 108 Å².